The number of nitriles is 1. The van der Waals surface area contributed by atoms with Crippen LogP contribution in [0.3, 0.4) is 0 Å². The molecule has 17 heavy (non-hydrogen) atoms. The summed E-state index contributed by atoms with van der Waals surface area (Å²) in [6, 6.07) is 7.65. The fourth-order valence-electron chi connectivity index (χ4n) is 1.47. The van der Waals surface area contributed by atoms with E-state index < -0.39 is 0 Å². The van der Waals surface area contributed by atoms with E-state index in [0.29, 0.717) is 11.3 Å². The summed E-state index contributed by atoms with van der Waals surface area (Å²) >= 11 is 1.55. The second kappa shape index (κ2) is 4.85. The van der Waals surface area contributed by atoms with E-state index in [-0.39, 0.29) is 0 Å². The molecule has 2 aromatic rings. The number of thiazole rings is 1. The molecule has 0 amide bonds. The Balaban J connectivity index is 2.43. The zero-order valence-corrected chi connectivity index (χ0v) is 10.3. The van der Waals surface area contributed by atoms with Crippen LogP contribution >= 0.6 is 11.3 Å². The standard InChI is InChI=1S/C12H11N3OS/c1-14-12-15-7-11(17-12)8-3-4-10(16-2)9(5-8)6-13/h3-5,7H,1-2H3,(H,14,15). The van der Waals surface area contributed by atoms with Gasteiger partial charge in [-0.25, -0.2) is 4.98 Å². The van der Waals surface area contributed by atoms with E-state index in [1.165, 1.54) is 0 Å². The molecule has 0 aliphatic rings. The third-order valence-corrected chi connectivity index (χ3v) is 3.39. The van der Waals surface area contributed by atoms with Gasteiger partial charge in [0, 0.05) is 13.2 Å². The number of ether oxygens (including phenoxy) is 1. The van der Waals surface area contributed by atoms with Crippen molar-refractivity contribution in [1.82, 2.24) is 4.98 Å². The average molecular weight is 245 g/mol. The molecular weight excluding hydrogens is 234 g/mol. The van der Waals surface area contributed by atoms with E-state index in [0.717, 1.165) is 15.6 Å². The summed E-state index contributed by atoms with van der Waals surface area (Å²) in [6.07, 6.45) is 1.79. The molecule has 0 saturated carbocycles. The Bertz CT molecular complexity index is 571. The van der Waals surface area contributed by atoms with Crippen LogP contribution in [0, 0.1) is 11.3 Å². The molecule has 0 bridgehead atoms. The van der Waals surface area contributed by atoms with Gasteiger partial charge in [-0.3, -0.25) is 0 Å². The van der Waals surface area contributed by atoms with Gasteiger partial charge in [-0.15, -0.1) is 0 Å². The molecule has 0 fully saturated rings. The van der Waals surface area contributed by atoms with Gasteiger partial charge >= 0.3 is 0 Å². The Hall–Kier alpha value is -2.06. The van der Waals surface area contributed by atoms with Gasteiger partial charge in [-0.2, -0.15) is 5.26 Å². The molecule has 2 rings (SSSR count). The predicted octanol–water partition coefficient (Wildman–Crippen LogP) is 2.73. The minimum atomic E-state index is 0.532. The summed E-state index contributed by atoms with van der Waals surface area (Å²) < 4.78 is 5.11. The number of nitrogens with one attached hydrogen (secondary N) is 1. The van der Waals surface area contributed by atoms with Gasteiger partial charge in [0.1, 0.15) is 11.8 Å². The molecular formula is C12H11N3OS. The molecule has 1 aromatic carbocycles. The normalized spacial score (nSPS) is 9.71. The minimum absolute atomic E-state index is 0.532. The second-order valence-corrected chi connectivity index (χ2v) is 4.34. The van der Waals surface area contributed by atoms with Crippen molar-refractivity contribution in [1.29, 1.82) is 5.26 Å². The molecule has 0 saturated heterocycles. The van der Waals surface area contributed by atoms with Gasteiger partial charge in [-0.1, -0.05) is 11.3 Å². The smallest absolute Gasteiger partial charge is 0.182 e. The van der Waals surface area contributed by atoms with Crippen LogP contribution in [0.1, 0.15) is 5.56 Å². The van der Waals surface area contributed by atoms with Gasteiger partial charge < -0.3 is 10.1 Å². The van der Waals surface area contributed by atoms with E-state index in [9.17, 15) is 0 Å². The number of hydrogen-bond acceptors (Lipinski definition) is 5. The van der Waals surface area contributed by atoms with E-state index >= 15 is 0 Å². The van der Waals surface area contributed by atoms with Crippen LogP contribution in [-0.4, -0.2) is 19.1 Å². The Morgan fingerprint density at radius 1 is 1.47 bits per heavy atom. The van der Waals surface area contributed by atoms with Crippen molar-refractivity contribution in [3.8, 4) is 22.3 Å². The third kappa shape index (κ3) is 2.22. The van der Waals surface area contributed by atoms with Crippen LogP contribution in [0.15, 0.2) is 24.4 Å². The highest BCUT2D eigenvalue weighted by Crippen LogP contribution is 2.31. The van der Waals surface area contributed by atoms with Crippen molar-refractivity contribution >= 4 is 16.5 Å². The molecule has 1 N–H and O–H groups in total. The molecule has 0 aliphatic heterocycles. The van der Waals surface area contributed by atoms with Crippen LogP contribution in [0.4, 0.5) is 5.13 Å². The maximum Gasteiger partial charge on any atom is 0.182 e. The number of nitrogens with zero attached hydrogens (tertiary/aromatic N) is 2. The quantitative estimate of drug-likeness (QED) is 0.903. The largest absolute Gasteiger partial charge is 0.495 e. The fourth-order valence-corrected chi connectivity index (χ4v) is 2.24. The van der Waals surface area contributed by atoms with E-state index in [1.54, 1.807) is 30.7 Å². The molecule has 0 radical (unpaired) electrons. The summed E-state index contributed by atoms with van der Waals surface area (Å²) in [5.74, 6) is 0.592. The first-order valence-electron chi connectivity index (χ1n) is 5.00. The third-order valence-electron chi connectivity index (χ3n) is 2.32. The van der Waals surface area contributed by atoms with Gasteiger partial charge in [0.2, 0.25) is 0 Å². The maximum atomic E-state index is 9.02. The lowest BCUT2D eigenvalue weighted by Crippen LogP contribution is -1.87. The minimum Gasteiger partial charge on any atom is -0.495 e. The molecule has 0 atom stereocenters. The summed E-state index contributed by atoms with van der Waals surface area (Å²) in [5, 5.41) is 12.9. The monoisotopic (exact) mass is 245 g/mol. The molecule has 0 unspecified atom stereocenters. The van der Waals surface area contributed by atoms with Gasteiger partial charge in [0.25, 0.3) is 0 Å². The van der Waals surface area contributed by atoms with Crippen LogP contribution in [0.2, 0.25) is 0 Å². The second-order valence-electron chi connectivity index (χ2n) is 3.31. The van der Waals surface area contributed by atoms with Gasteiger partial charge in [-0.05, 0) is 23.8 Å². The van der Waals surface area contributed by atoms with Crippen molar-refractivity contribution in [2.75, 3.05) is 19.5 Å². The van der Waals surface area contributed by atoms with Crippen molar-refractivity contribution in [3.63, 3.8) is 0 Å². The molecule has 1 aromatic heterocycles. The Kier molecular flexibility index (Phi) is 3.26. The first-order valence-corrected chi connectivity index (χ1v) is 5.82. The number of methoxy groups -OCH3 is 1. The summed E-state index contributed by atoms with van der Waals surface area (Å²) in [4.78, 5) is 5.22. The lowest BCUT2D eigenvalue weighted by molar-refractivity contribution is 0.413. The number of benzene rings is 1. The lowest BCUT2D eigenvalue weighted by atomic mass is 10.1. The fraction of sp³-hybridized carbons (Fsp3) is 0.167. The number of hydrogen-bond donors (Lipinski definition) is 1. The molecule has 4 nitrogen and oxygen atoms in total. The lowest BCUT2D eigenvalue weighted by Gasteiger charge is -2.03. The van der Waals surface area contributed by atoms with Gasteiger partial charge in [0.05, 0.1) is 17.6 Å². The number of anilines is 1. The van der Waals surface area contributed by atoms with Crippen molar-refractivity contribution in [3.05, 3.63) is 30.0 Å². The summed E-state index contributed by atoms with van der Waals surface area (Å²) in [7, 11) is 3.39. The van der Waals surface area contributed by atoms with E-state index in [2.05, 4.69) is 16.4 Å². The number of rotatable bonds is 3. The molecule has 1 heterocycles. The first-order chi connectivity index (χ1) is 8.28. The summed E-state index contributed by atoms with van der Waals surface area (Å²) in [5.41, 5.74) is 1.51. The highest BCUT2D eigenvalue weighted by atomic mass is 32.1. The van der Waals surface area contributed by atoms with Gasteiger partial charge in [0.15, 0.2) is 5.13 Å². The Morgan fingerprint density at radius 3 is 2.88 bits per heavy atom. The first kappa shape index (κ1) is 11.4. The summed E-state index contributed by atoms with van der Waals surface area (Å²) in [6.45, 7) is 0. The maximum absolute atomic E-state index is 9.02. The molecule has 5 heteroatoms. The number of aromatic nitrogens is 1. The molecule has 0 aliphatic carbocycles. The SMILES string of the molecule is CNc1ncc(-c2ccc(OC)c(C#N)c2)s1. The van der Waals surface area contributed by atoms with Crippen LogP contribution in [0.5, 0.6) is 5.75 Å². The molecule has 86 valence electrons. The van der Waals surface area contributed by atoms with Crippen molar-refractivity contribution < 1.29 is 4.74 Å². The van der Waals surface area contributed by atoms with E-state index in [1.807, 2.05) is 19.2 Å². The van der Waals surface area contributed by atoms with Crippen LogP contribution in [0.25, 0.3) is 10.4 Å². The topological polar surface area (TPSA) is 57.9 Å². The van der Waals surface area contributed by atoms with Crippen LogP contribution in [-0.2, 0) is 0 Å². The van der Waals surface area contributed by atoms with E-state index in [4.69, 9.17) is 10.00 Å². The average Bonchev–Trinajstić information content (AvgIpc) is 2.86. The Morgan fingerprint density at radius 2 is 2.29 bits per heavy atom. The highest BCUT2D eigenvalue weighted by molar-refractivity contribution is 7.18. The van der Waals surface area contributed by atoms with Crippen molar-refractivity contribution in [2.45, 2.75) is 0 Å². The van der Waals surface area contributed by atoms with Crippen LogP contribution < -0.4 is 10.1 Å². The molecule has 0 spiro atoms. The highest BCUT2D eigenvalue weighted by Gasteiger charge is 2.07. The zero-order chi connectivity index (χ0) is 12.3. The predicted molar refractivity (Wildman–Crippen MR) is 68.4 cm³/mol. The zero-order valence-electron chi connectivity index (χ0n) is 9.52. The Labute approximate surface area is 103 Å². The van der Waals surface area contributed by atoms with Crippen molar-refractivity contribution in [2.24, 2.45) is 0 Å².